The van der Waals surface area contributed by atoms with Gasteiger partial charge < -0.3 is 10.5 Å². The molecule has 2 aromatic rings. The van der Waals surface area contributed by atoms with Gasteiger partial charge in [-0.25, -0.2) is 0 Å². The van der Waals surface area contributed by atoms with Crippen LogP contribution in [0.1, 0.15) is 42.6 Å². The quantitative estimate of drug-likeness (QED) is 0.829. The molecule has 0 aromatic heterocycles. The summed E-state index contributed by atoms with van der Waals surface area (Å²) in [5.74, 6) is 1.30. The topological polar surface area (TPSA) is 35.2 Å². The molecule has 0 spiro atoms. The maximum atomic E-state index is 6.19. The molecule has 112 valence electrons. The first kappa shape index (κ1) is 16.1. The molecule has 3 heteroatoms. The van der Waals surface area contributed by atoms with Crippen molar-refractivity contribution in [3.8, 4) is 5.75 Å². The second-order valence-corrected chi connectivity index (χ2v) is 6.51. The van der Waals surface area contributed by atoms with E-state index in [1.807, 2.05) is 12.1 Å². The van der Waals surface area contributed by atoms with Gasteiger partial charge in [-0.1, -0.05) is 59.6 Å². The second kappa shape index (κ2) is 7.10. The molecule has 2 aromatic carbocycles. The van der Waals surface area contributed by atoms with E-state index in [1.165, 1.54) is 11.1 Å². The van der Waals surface area contributed by atoms with Crippen LogP contribution in [0.25, 0.3) is 0 Å². The van der Waals surface area contributed by atoms with E-state index < -0.39 is 0 Å². The summed E-state index contributed by atoms with van der Waals surface area (Å²) in [7, 11) is 0. The van der Waals surface area contributed by atoms with Crippen molar-refractivity contribution in [1.82, 2.24) is 0 Å². The van der Waals surface area contributed by atoms with Crippen LogP contribution in [0.2, 0.25) is 0 Å². The van der Waals surface area contributed by atoms with Crippen LogP contribution < -0.4 is 10.5 Å². The minimum atomic E-state index is -0.121. The van der Waals surface area contributed by atoms with E-state index in [4.69, 9.17) is 10.5 Å². The van der Waals surface area contributed by atoms with Crippen molar-refractivity contribution in [2.75, 3.05) is 6.54 Å². The normalized spacial score (nSPS) is 12.5. The van der Waals surface area contributed by atoms with Gasteiger partial charge in [0.25, 0.3) is 0 Å². The summed E-state index contributed by atoms with van der Waals surface area (Å²) < 4.78 is 7.26. The zero-order chi connectivity index (χ0) is 15.4. The van der Waals surface area contributed by atoms with Gasteiger partial charge in [0.2, 0.25) is 0 Å². The molecule has 0 fully saturated rings. The van der Waals surface area contributed by atoms with Gasteiger partial charge in [0.05, 0.1) is 0 Å². The summed E-state index contributed by atoms with van der Waals surface area (Å²) in [4.78, 5) is 0. The van der Waals surface area contributed by atoms with E-state index in [0.29, 0.717) is 12.5 Å². The van der Waals surface area contributed by atoms with Crippen LogP contribution in [-0.4, -0.2) is 6.54 Å². The van der Waals surface area contributed by atoms with Gasteiger partial charge in [0.15, 0.2) is 0 Å². The maximum Gasteiger partial charge on any atom is 0.136 e. The Morgan fingerprint density at radius 1 is 1.10 bits per heavy atom. The van der Waals surface area contributed by atoms with Crippen molar-refractivity contribution in [2.24, 2.45) is 5.73 Å². The lowest BCUT2D eigenvalue weighted by atomic mass is 10.0. The minimum absolute atomic E-state index is 0.121. The number of hydrogen-bond acceptors (Lipinski definition) is 2. The van der Waals surface area contributed by atoms with Crippen LogP contribution >= 0.6 is 15.9 Å². The molecule has 0 bridgehead atoms. The maximum absolute atomic E-state index is 6.19. The number of aryl methyl sites for hydroxylation is 1. The third-order valence-corrected chi connectivity index (χ3v) is 4.02. The van der Waals surface area contributed by atoms with Crippen molar-refractivity contribution >= 4 is 15.9 Å². The van der Waals surface area contributed by atoms with Crippen LogP contribution in [0.15, 0.2) is 46.9 Å². The molecule has 1 unspecified atom stereocenters. The Hall–Kier alpha value is -1.32. The van der Waals surface area contributed by atoms with Crippen molar-refractivity contribution in [3.63, 3.8) is 0 Å². The first-order valence-electron chi connectivity index (χ1n) is 7.24. The van der Waals surface area contributed by atoms with Crippen LogP contribution in [0, 0.1) is 6.92 Å². The van der Waals surface area contributed by atoms with Crippen molar-refractivity contribution in [2.45, 2.75) is 32.8 Å². The highest BCUT2D eigenvalue weighted by Crippen LogP contribution is 2.32. The summed E-state index contributed by atoms with van der Waals surface area (Å²) in [5.41, 5.74) is 9.45. The molecule has 0 saturated carbocycles. The van der Waals surface area contributed by atoms with Gasteiger partial charge in [0.1, 0.15) is 11.9 Å². The first-order chi connectivity index (χ1) is 10.0. The van der Waals surface area contributed by atoms with E-state index in [0.717, 1.165) is 15.8 Å². The number of nitrogens with two attached hydrogens (primary N) is 1. The fourth-order valence-electron chi connectivity index (χ4n) is 2.26. The van der Waals surface area contributed by atoms with Crippen LogP contribution in [0.4, 0.5) is 0 Å². The third kappa shape index (κ3) is 4.08. The highest BCUT2D eigenvalue weighted by molar-refractivity contribution is 9.10. The summed E-state index contributed by atoms with van der Waals surface area (Å²) in [6.07, 6.45) is -0.121. The van der Waals surface area contributed by atoms with Crippen molar-refractivity contribution in [3.05, 3.63) is 63.6 Å². The Bertz CT molecular complexity index is 593. The van der Waals surface area contributed by atoms with Crippen LogP contribution in [-0.2, 0) is 0 Å². The van der Waals surface area contributed by atoms with E-state index >= 15 is 0 Å². The van der Waals surface area contributed by atoms with Gasteiger partial charge in [-0.15, -0.1) is 0 Å². The number of ether oxygens (including phenoxy) is 1. The molecule has 0 radical (unpaired) electrons. The number of halogens is 1. The average molecular weight is 348 g/mol. The van der Waals surface area contributed by atoms with Crippen LogP contribution in [0.3, 0.4) is 0 Å². The fraction of sp³-hybridized carbons (Fsp3) is 0.333. The smallest absolute Gasteiger partial charge is 0.136 e. The predicted molar refractivity (Wildman–Crippen MR) is 91.8 cm³/mol. The molecule has 0 heterocycles. The van der Waals surface area contributed by atoms with E-state index in [2.05, 4.69) is 67.0 Å². The van der Waals surface area contributed by atoms with Gasteiger partial charge in [-0.05, 0) is 42.2 Å². The largest absolute Gasteiger partial charge is 0.484 e. The Balaban J connectivity index is 2.28. The Kier molecular flexibility index (Phi) is 5.43. The second-order valence-electron chi connectivity index (χ2n) is 5.59. The van der Waals surface area contributed by atoms with E-state index in [1.54, 1.807) is 0 Å². The van der Waals surface area contributed by atoms with Crippen LogP contribution in [0.5, 0.6) is 5.75 Å². The summed E-state index contributed by atoms with van der Waals surface area (Å²) in [6.45, 7) is 6.86. The predicted octanol–water partition coefficient (Wildman–Crippen LogP) is 4.96. The minimum Gasteiger partial charge on any atom is -0.484 e. The van der Waals surface area contributed by atoms with Gasteiger partial charge in [-0.3, -0.25) is 0 Å². The molecule has 2 nitrogen and oxygen atoms in total. The molecule has 1 atom stereocenters. The molecule has 2 rings (SSSR count). The molecule has 0 aliphatic carbocycles. The zero-order valence-electron chi connectivity index (χ0n) is 12.8. The molecule has 0 aliphatic heterocycles. The molecular formula is C18H22BrNO. The Labute approximate surface area is 135 Å². The average Bonchev–Trinajstić information content (AvgIpc) is 2.47. The molecule has 2 N–H and O–H groups in total. The molecule has 0 amide bonds. The van der Waals surface area contributed by atoms with Crippen molar-refractivity contribution < 1.29 is 4.74 Å². The fourth-order valence-corrected chi connectivity index (χ4v) is 2.64. The highest BCUT2D eigenvalue weighted by Gasteiger charge is 2.15. The van der Waals surface area contributed by atoms with E-state index in [-0.39, 0.29) is 6.10 Å². The lowest BCUT2D eigenvalue weighted by Crippen LogP contribution is -2.19. The summed E-state index contributed by atoms with van der Waals surface area (Å²) in [6, 6.07) is 14.5. The number of rotatable bonds is 5. The molecular weight excluding hydrogens is 326 g/mol. The van der Waals surface area contributed by atoms with Crippen molar-refractivity contribution in [1.29, 1.82) is 0 Å². The zero-order valence-corrected chi connectivity index (χ0v) is 14.4. The SMILES string of the molecule is Cc1ccc(C(CN)Oc2ccc(Br)cc2C(C)C)cc1. The molecule has 0 saturated heterocycles. The first-order valence-corrected chi connectivity index (χ1v) is 8.03. The highest BCUT2D eigenvalue weighted by atomic mass is 79.9. The summed E-state index contributed by atoms with van der Waals surface area (Å²) in [5, 5.41) is 0. The Morgan fingerprint density at radius 2 is 1.76 bits per heavy atom. The lowest BCUT2D eigenvalue weighted by Gasteiger charge is -2.21. The number of benzene rings is 2. The third-order valence-electron chi connectivity index (χ3n) is 3.53. The standard InChI is InChI=1S/C18H22BrNO/c1-12(2)16-10-15(19)8-9-17(16)21-18(11-20)14-6-4-13(3)5-7-14/h4-10,12,18H,11,20H2,1-3H3. The van der Waals surface area contributed by atoms with Gasteiger partial charge >= 0.3 is 0 Å². The van der Waals surface area contributed by atoms with Gasteiger partial charge in [-0.2, -0.15) is 0 Å². The molecule has 21 heavy (non-hydrogen) atoms. The Morgan fingerprint density at radius 3 is 2.33 bits per heavy atom. The number of hydrogen-bond donors (Lipinski definition) is 1. The van der Waals surface area contributed by atoms with E-state index in [9.17, 15) is 0 Å². The van der Waals surface area contributed by atoms with Gasteiger partial charge in [0, 0.05) is 11.0 Å². The lowest BCUT2D eigenvalue weighted by molar-refractivity contribution is 0.211. The molecule has 0 aliphatic rings. The summed E-state index contributed by atoms with van der Waals surface area (Å²) >= 11 is 3.52. The monoisotopic (exact) mass is 347 g/mol.